The number of methoxy groups -OCH3 is 1. The number of anilines is 1. The molecule has 152 valence electrons. The largest absolute Gasteiger partial charge is 0.497 e. The summed E-state index contributed by atoms with van der Waals surface area (Å²) in [5, 5.41) is 2.86. The van der Waals surface area contributed by atoms with E-state index in [0.29, 0.717) is 41.9 Å². The number of amides is 1. The molecule has 2 aromatic carbocycles. The third kappa shape index (κ3) is 3.96. The molecule has 8 nitrogen and oxygen atoms in total. The first kappa shape index (κ1) is 19.7. The van der Waals surface area contributed by atoms with Crippen molar-refractivity contribution >= 4 is 44.4 Å². The third-order valence-electron chi connectivity index (χ3n) is 4.96. The Morgan fingerprint density at radius 2 is 2.07 bits per heavy atom. The minimum atomic E-state index is -3.77. The minimum absolute atomic E-state index is 0.131. The maximum Gasteiger partial charge on any atom is 0.245 e. The molecule has 0 bridgehead atoms. The lowest BCUT2D eigenvalue weighted by Crippen LogP contribution is -2.43. The van der Waals surface area contributed by atoms with E-state index in [0.717, 1.165) is 11.7 Å². The van der Waals surface area contributed by atoms with Crippen LogP contribution in [-0.2, 0) is 14.8 Å². The molecule has 4 rings (SSSR count). The maximum absolute atomic E-state index is 13.2. The molecule has 10 heteroatoms. The van der Waals surface area contributed by atoms with Gasteiger partial charge in [-0.3, -0.25) is 4.79 Å². The molecule has 1 aliphatic rings. The lowest BCUT2D eigenvalue weighted by atomic mass is 9.98. The lowest BCUT2D eigenvalue weighted by molar-refractivity contribution is -0.120. The number of piperidine rings is 1. The summed E-state index contributed by atoms with van der Waals surface area (Å²) in [5.41, 5.74) is 1.55. The van der Waals surface area contributed by atoms with Crippen molar-refractivity contribution in [3.63, 3.8) is 0 Å². The standard InChI is InChI=1S/C19H20N4O4S2/c1-27-15-7-2-6-14(11-15)20-19(24)13-5-4-10-23(12-13)29(25,26)17-9-3-8-16-18(17)22-28-21-16/h2-3,6-9,11,13H,4-5,10,12H2,1H3,(H,20,24)/t13-/m1/s1. The smallest absolute Gasteiger partial charge is 0.245 e. The highest BCUT2D eigenvalue weighted by molar-refractivity contribution is 7.89. The summed E-state index contributed by atoms with van der Waals surface area (Å²) in [4.78, 5) is 12.9. The van der Waals surface area contributed by atoms with E-state index in [1.807, 2.05) is 0 Å². The van der Waals surface area contributed by atoms with Crippen molar-refractivity contribution < 1.29 is 17.9 Å². The van der Waals surface area contributed by atoms with E-state index in [9.17, 15) is 13.2 Å². The van der Waals surface area contributed by atoms with E-state index in [1.54, 1.807) is 49.6 Å². The van der Waals surface area contributed by atoms with Crippen LogP contribution in [0.3, 0.4) is 0 Å². The zero-order chi connectivity index (χ0) is 20.4. The number of aromatic nitrogens is 2. The molecule has 1 saturated heterocycles. The van der Waals surface area contributed by atoms with Crippen LogP contribution in [0.2, 0.25) is 0 Å². The fraction of sp³-hybridized carbons (Fsp3) is 0.316. The van der Waals surface area contributed by atoms with E-state index >= 15 is 0 Å². The Morgan fingerprint density at radius 3 is 2.90 bits per heavy atom. The van der Waals surface area contributed by atoms with Crippen LogP contribution in [0.25, 0.3) is 11.0 Å². The predicted molar refractivity (Wildman–Crippen MR) is 111 cm³/mol. The normalized spacial score (nSPS) is 17.9. The number of ether oxygens (including phenoxy) is 1. The van der Waals surface area contributed by atoms with Crippen LogP contribution >= 0.6 is 11.7 Å². The SMILES string of the molecule is COc1cccc(NC(=O)[C@@H]2CCCN(S(=O)(=O)c3cccc4nsnc34)C2)c1. The number of carbonyl (C=O) groups excluding carboxylic acids is 1. The van der Waals surface area contributed by atoms with Crippen LogP contribution in [0.1, 0.15) is 12.8 Å². The fourth-order valence-electron chi connectivity index (χ4n) is 3.45. The van der Waals surface area contributed by atoms with Gasteiger partial charge in [-0.25, -0.2) is 8.42 Å². The Morgan fingerprint density at radius 1 is 1.24 bits per heavy atom. The number of sulfonamides is 1. The summed E-state index contributed by atoms with van der Waals surface area (Å²) >= 11 is 0.982. The molecule has 1 aliphatic heterocycles. The second kappa shape index (κ2) is 8.05. The van der Waals surface area contributed by atoms with Crippen LogP contribution in [0.15, 0.2) is 47.4 Å². The molecule has 1 atom stereocenters. The Hall–Kier alpha value is -2.56. The summed E-state index contributed by atoms with van der Waals surface area (Å²) in [5.74, 6) is 0.00444. The van der Waals surface area contributed by atoms with E-state index in [2.05, 4.69) is 14.1 Å². The molecule has 0 radical (unpaired) electrons. The molecule has 2 heterocycles. The Kier molecular flexibility index (Phi) is 5.48. The van der Waals surface area contributed by atoms with Crippen molar-refractivity contribution in [1.29, 1.82) is 0 Å². The highest BCUT2D eigenvalue weighted by Crippen LogP contribution is 2.28. The topological polar surface area (TPSA) is 101 Å². The van der Waals surface area contributed by atoms with Gasteiger partial charge in [-0.05, 0) is 37.1 Å². The third-order valence-corrected chi connectivity index (χ3v) is 7.40. The first-order chi connectivity index (χ1) is 14.0. The molecule has 0 saturated carbocycles. The van der Waals surface area contributed by atoms with E-state index in [4.69, 9.17) is 4.74 Å². The van der Waals surface area contributed by atoms with Gasteiger partial charge in [0.1, 0.15) is 21.7 Å². The number of fused-ring (bicyclic) bond motifs is 1. The zero-order valence-electron chi connectivity index (χ0n) is 15.7. The van der Waals surface area contributed by atoms with Gasteiger partial charge < -0.3 is 10.1 Å². The highest BCUT2D eigenvalue weighted by atomic mass is 32.2. The van der Waals surface area contributed by atoms with Crippen LogP contribution in [0.5, 0.6) is 5.75 Å². The van der Waals surface area contributed by atoms with Gasteiger partial charge in [-0.15, -0.1) is 0 Å². The summed E-state index contributed by atoms with van der Waals surface area (Å²) in [6.07, 6.45) is 1.24. The Balaban J connectivity index is 1.53. The van der Waals surface area contributed by atoms with Gasteiger partial charge in [0.15, 0.2) is 0 Å². The van der Waals surface area contributed by atoms with E-state index < -0.39 is 15.9 Å². The molecule has 1 fully saturated rings. The quantitative estimate of drug-likeness (QED) is 0.665. The second-order valence-electron chi connectivity index (χ2n) is 6.81. The van der Waals surface area contributed by atoms with Crippen LogP contribution in [0.4, 0.5) is 5.69 Å². The molecule has 0 spiro atoms. The summed E-state index contributed by atoms with van der Waals surface area (Å²) in [6.45, 7) is 0.505. The van der Waals surface area contributed by atoms with Crippen LogP contribution < -0.4 is 10.1 Å². The average molecular weight is 433 g/mol. The molecular formula is C19H20N4O4S2. The number of benzene rings is 2. The van der Waals surface area contributed by atoms with Gasteiger partial charge in [0.25, 0.3) is 0 Å². The lowest BCUT2D eigenvalue weighted by Gasteiger charge is -2.31. The van der Waals surface area contributed by atoms with Gasteiger partial charge in [0.2, 0.25) is 15.9 Å². The number of carbonyl (C=O) groups is 1. The Labute approximate surface area is 172 Å². The molecule has 0 unspecified atom stereocenters. The second-order valence-corrected chi connectivity index (χ2v) is 9.25. The van der Waals surface area contributed by atoms with Crippen molar-refractivity contribution in [2.75, 3.05) is 25.5 Å². The highest BCUT2D eigenvalue weighted by Gasteiger charge is 2.34. The molecule has 1 N–H and O–H groups in total. The van der Waals surface area contributed by atoms with Crippen molar-refractivity contribution in [3.05, 3.63) is 42.5 Å². The van der Waals surface area contributed by atoms with Gasteiger partial charge in [0, 0.05) is 24.8 Å². The van der Waals surface area contributed by atoms with Crippen molar-refractivity contribution in [2.24, 2.45) is 5.92 Å². The fourth-order valence-corrected chi connectivity index (χ4v) is 5.72. The molecule has 3 aromatic rings. The van der Waals surface area contributed by atoms with Gasteiger partial charge in [-0.2, -0.15) is 13.1 Å². The number of hydrogen-bond donors (Lipinski definition) is 1. The predicted octanol–water partition coefficient (Wildman–Crippen LogP) is 2.74. The number of nitrogens with one attached hydrogen (secondary N) is 1. The number of nitrogens with zero attached hydrogens (tertiary/aromatic N) is 3. The summed E-state index contributed by atoms with van der Waals surface area (Å²) < 4.78 is 41.2. The van der Waals surface area contributed by atoms with Crippen molar-refractivity contribution in [3.8, 4) is 5.75 Å². The molecule has 0 aliphatic carbocycles. The Bertz CT molecular complexity index is 1150. The molecule has 1 aromatic heterocycles. The van der Waals surface area contributed by atoms with Crippen LogP contribution in [-0.4, -0.2) is 47.6 Å². The molecule has 1 amide bonds. The number of rotatable bonds is 5. The average Bonchev–Trinajstić information content (AvgIpc) is 3.22. The van der Waals surface area contributed by atoms with Crippen molar-refractivity contribution in [2.45, 2.75) is 17.7 Å². The van der Waals surface area contributed by atoms with E-state index in [1.165, 1.54) is 4.31 Å². The molecular weight excluding hydrogens is 412 g/mol. The summed E-state index contributed by atoms with van der Waals surface area (Å²) in [6, 6.07) is 12.0. The first-order valence-electron chi connectivity index (χ1n) is 9.15. The van der Waals surface area contributed by atoms with Gasteiger partial charge in [-0.1, -0.05) is 12.1 Å². The van der Waals surface area contributed by atoms with Gasteiger partial charge in [0.05, 0.1) is 24.8 Å². The maximum atomic E-state index is 13.2. The molecule has 29 heavy (non-hydrogen) atoms. The number of hydrogen-bond acceptors (Lipinski definition) is 7. The van der Waals surface area contributed by atoms with E-state index in [-0.39, 0.29) is 17.3 Å². The van der Waals surface area contributed by atoms with Crippen LogP contribution in [0, 0.1) is 5.92 Å². The summed E-state index contributed by atoms with van der Waals surface area (Å²) in [7, 11) is -2.21. The zero-order valence-corrected chi connectivity index (χ0v) is 17.4. The first-order valence-corrected chi connectivity index (χ1v) is 11.3. The van der Waals surface area contributed by atoms with Crippen molar-refractivity contribution in [1.82, 2.24) is 13.1 Å². The monoisotopic (exact) mass is 432 g/mol. The van der Waals surface area contributed by atoms with Gasteiger partial charge >= 0.3 is 0 Å². The minimum Gasteiger partial charge on any atom is -0.497 e.